The number of hydrogen-bond donors (Lipinski definition) is 1. The number of aromatic nitrogens is 1. The molecule has 0 aliphatic rings. The molecule has 0 aliphatic heterocycles. The fourth-order valence-electron chi connectivity index (χ4n) is 2.37. The number of thiophene rings is 1. The molecule has 0 fully saturated rings. The van der Waals surface area contributed by atoms with Gasteiger partial charge in [-0.25, -0.2) is 9.59 Å². The van der Waals surface area contributed by atoms with Crippen LogP contribution >= 0.6 is 11.3 Å². The third-order valence-corrected chi connectivity index (χ3v) is 4.42. The first-order valence-corrected chi connectivity index (χ1v) is 9.44. The Kier molecular flexibility index (Phi) is 7.48. The molecular weight excluding hydrogens is 368 g/mol. The first kappa shape index (κ1) is 20.6. The van der Waals surface area contributed by atoms with Crippen LogP contribution in [0.2, 0.25) is 0 Å². The summed E-state index contributed by atoms with van der Waals surface area (Å²) in [6, 6.07) is 2.99. The molecule has 0 saturated carbocycles. The number of nitrogens with zero attached hydrogens (tertiary/aromatic N) is 1. The highest BCUT2D eigenvalue weighted by atomic mass is 32.1. The quantitative estimate of drug-likeness (QED) is 0.695. The lowest BCUT2D eigenvalue weighted by molar-refractivity contribution is -0.119. The van der Waals surface area contributed by atoms with E-state index in [-0.39, 0.29) is 6.61 Å². The number of esters is 2. The van der Waals surface area contributed by atoms with Crippen LogP contribution in [0.3, 0.4) is 0 Å². The topological polar surface area (TPSA) is 94.6 Å². The third kappa shape index (κ3) is 5.89. The molecule has 0 aliphatic carbocycles. The second-order valence-corrected chi connectivity index (χ2v) is 7.02. The van der Waals surface area contributed by atoms with E-state index in [0.717, 1.165) is 5.56 Å². The zero-order chi connectivity index (χ0) is 19.8. The van der Waals surface area contributed by atoms with Crippen LogP contribution in [0.1, 0.15) is 47.1 Å². The van der Waals surface area contributed by atoms with Crippen LogP contribution in [0.15, 0.2) is 29.9 Å². The van der Waals surface area contributed by atoms with Gasteiger partial charge in [0, 0.05) is 12.4 Å². The largest absolute Gasteiger partial charge is 0.462 e. The third-order valence-electron chi connectivity index (χ3n) is 3.48. The van der Waals surface area contributed by atoms with Crippen LogP contribution < -0.4 is 5.32 Å². The van der Waals surface area contributed by atoms with E-state index < -0.39 is 24.5 Å². The highest BCUT2D eigenvalue weighted by Gasteiger charge is 2.22. The maximum Gasteiger partial charge on any atom is 0.341 e. The molecule has 1 N–H and O–H groups in total. The summed E-state index contributed by atoms with van der Waals surface area (Å²) in [5, 5.41) is 4.87. The Balaban J connectivity index is 2.05. The number of carbonyl (C=O) groups is 3. The summed E-state index contributed by atoms with van der Waals surface area (Å²) in [7, 11) is 0. The summed E-state index contributed by atoms with van der Waals surface area (Å²) in [5.74, 6) is -1.28. The zero-order valence-corrected chi connectivity index (χ0v) is 16.3. The monoisotopic (exact) mass is 390 g/mol. The number of anilines is 1. The minimum Gasteiger partial charge on any atom is -0.462 e. The lowest BCUT2D eigenvalue weighted by Gasteiger charge is -2.10. The summed E-state index contributed by atoms with van der Waals surface area (Å²) in [5.41, 5.74) is 1.50. The first-order valence-electron chi connectivity index (χ1n) is 8.56. The van der Waals surface area contributed by atoms with Gasteiger partial charge in [-0.05, 0) is 42.3 Å². The molecule has 8 heteroatoms. The van der Waals surface area contributed by atoms with Crippen LogP contribution in [-0.4, -0.2) is 36.0 Å². The second-order valence-electron chi connectivity index (χ2n) is 6.14. The van der Waals surface area contributed by atoms with Gasteiger partial charge in [0.25, 0.3) is 5.91 Å². The molecule has 2 aromatic rings. The number of amides is 1. The van der Waals surface area contributed by atoms with Gasteiger partial charge in [-0.1, -0.05) is 13.8 Å². The molecular formula is C19H22N2O5S. The minimum absolute atomic E-state index is 0.243. The molecule has 0 unspecified atom stereocenters. The molecule has 0 spiro atoms. The van der Waals surface area contributed by atoms with Crippen molar-refractivity contribution in [3.05, 3.63) is 46.6 Å². The van der Waals surface area contributed by atoms with Crippen molar-refractivity contribution in [2.75, 3.05) is 18.5 Å². The Hall–Kier alpha value is -2.74. The van der Waals surface area contributed by atoms with E-state index in [4.69, 9.17) is 9.47 Å². The number of carbonyl (C=O) groups excluding carboxylic acids is 3. The molecule has 2 heterocycles. The molecule has 0 radical (unpaired) electrons. The minimum atomic E-state index is -0.621. The Morgan fingerprint density at radius 3 is 2.48 bits per heavy atom. The van der Waals surface area contributed by atoms with Crippen molar-refractivity contribution in [2.45, 2.75) is 27.2 Å². The molecule has 0 atom stereocenters. The van der Waals surface area contributed by atoms with E-state index in [2.05, 4.69) is 10.3 Å². The molecule has 27 heavy (non-hydrogen) atoms. The van der Waals surface area contributed by atoms with E-state index in [1.165, 1.54) is 35.9 Å². The van der Waals surface area contributed by atoms with Crippen molar-refractivity contribution in [2.24, 2.45) is 5.92 Å². The number of hydrogen-bond acceptors (Lipinski definition) is 7. The van der Waals surface area contributed by atoms with Gasteiger partial charge in [0.15, 0.2) is 6.61 Å². The summed E-state index contributed by atoms with van der Waals surface area (Å²) >= 11 is 1.25. The predicted molar refractivity (Wildman–Crippen MR) is 102 cm³/mol. The van der Waals surface area contributed by atoms with E-state index in [0.29, 0.717) is 28.5 Å². The summed E-state index contributed by atoms with van der Waals surface area (Å²) < 4.78 is 10.1. The lowest BCUT2D eigenvalue weighted by Crippen LogP contribution is -2.22. The molecule has 144 valence electrons. The van der Waals surface area contributed by atoms with Gasteiger partial charge in [-0.3, -0.25) is 9.78 Å². The van der Waals surface area contributed by atoms with Gasteiger partial charge in [-0.15, -0.1) is 11.3 Å². The fraction of sp³-hybridized carbons (Fsp3) is 0.368. The van der Waals surface area contributed by atoms with Gasteiger partial charge >= 0.3 is 11.9 Å². The first-order chi connectivity index (χ1) is 12.9. The number of ether oxygens (including phenoxy) is 2. The van der Waals surface area contributed by atoms with Crippen molar-refractivity contribution in [1.29, 1.82) is 0 Å². The maximum atomic E-state index is 12.3. The predicted octanol–water partition coefficient (Wildman–Crippen LogP) is 3.31. The second kappa shape index (κ2) is 9.82. The summed E-state index contributed by atoms with van der Waals surface area (Å²) in [6.07, 6.45) is 3.62. The van der Waals surface area contributed by atoms with E-state index in [9.17, 15) is 14.4 Å². The molecule has 7 nitrogen and oxygen atoms in total. The van der Waals surface area contributed by atoms with Gasteiger partial charge in [0.1, 0.15) is 5.00 Å². The van der Waals surface area contributed by atoms with Crippen LogP contribution in [0.4, 0.5) is 5.00 Å². The normalized spacial score (nSPS) is 10.5. The Morgan fingerprint density at radius 1 is 1.15 bits per heavy atom. The average molecular weight is 390 g/mol. The summed E-state index contributed by atoms with van der Waals surface area (Å²) in [4.78, 5) is 40.2. The van der Waals surface area contributed by atoms with Gasteiger partial charge < -0.3 is 14.8 Å². The Labute approximate surface area is 161 Å². The molecule has 2 aromatic heterocycles. The molecule has 1 amide bonds. The van der Waals surface area contributed by atoms with Crippen molar-refractivity contribution in [3.8, 4) is 0 Å². The number of pyridine rings is 1. The summed E-state index contributed by atoms with van der Waals surface area (Å²) in [6.45, 7) is 5.60. The van der Waals surface area contributed by atoms with Gasteiger partial charge in [0.2, 0.25) is 0 Å². The van der Waals surface area contributed by atoms with E-state index in [1.807, 2.05) is 19.2 Å². The van der Waals surface area contributed by atoms with Crippen molar-refractivity contribution in [3.63, 3.8) is 0 Å². The molecule has 0 saturated heterocycles. The SMILES string of the molecule is CCOC(=O)c1c(CC(C)C)csc1NC(=O)COC(=O)c1ccncc1. The van der Waals surface area contributed by atoms with Crippen LogP contribution in [0.25, 0.3) is 0 Å². The molecule has 0 aromatic carbocycles. The standard InChI is InChI=1S/C19H22N2O5S/c1-4-25-19(24)16-14(9-12(2)3)11-27-17(16)21-15(22)10-26-18(23)13-5-7-20-8-6-13/h5-8,11-12H,4,9-10H2,1-3H3,(H,21,22). The smallest absolute Gasteiger partial charge is 0.341 e. The highest BCUT2D eigenvalue weighted by molar-refractivity contribution is 7.15. The zero-order valence-electron chi connectivity index (χ0n) is 15.5. The maximum absolute atomic E-state index is 12.3. The highest BCUT2D eigenvalue weighted by Crippen LogP contribution is 2.30. The van der Waals surface area contributed by atoms with Crippen molar-refractivity contribution in [1.82, 2.24) is 4.98 Å². The molecule has 0 bridgehead atoms. The van der Waals surface area contributed by atoms with Crippen LogP contribution in [0, 0.1) is 5.92 Å². The van der Waals surface area contributed by atoms with E-state index >= 15 is 0 Å². The molecule has 2 rings (SSSR count). The Morgan fingerprint density at radius 2 is 1.85 bits per heavy atom. The lowest BCUT2D eigenvalue weighted by atomic mass is 10.0. The van der Waals surface area contributed by atoms with Crippen LogP contribution in [-0.2, 0) is 20.7 Å². The Bertz CT molecular complexity index is 802. The van der Waals surface area contributed by atoms with Gasteiger partial charge in [0.05, 0.1) is 17.7 Å². The fourth-order valence-corrected chi connectivity index (χ4v) is 3.35. The number of rotatable bonds is 8. The van der Waals surface area contributed by atoms with Crippen molar-refractivity contribution >= 4 is 34.2 Å². The van der Waals surface area contributed by atoms with E-state index in [1.54, 1.807) is 6.92 Å². The number of nitrogens with one attached hydrogen (secondary N) is 1. The average Bonchev–Trinajstić information content (AvgIpc) is 3.02. The van der Waals surface area contributed by atoms with Crippen molar-refractivity contribution < 1.29 is 23.9 Å². The van der Waals surface area contributed by atoms with Crippen LogP contribution in [0.5, 0.6) is 0 Å². The van der Waals surface area contributed by atoms with Gasteiger partial charge in [-0.2, -0.15) is 0 Å².